The van der Waals surface area contributed by atoms with Crippen molar-refractivity contribution in [3.63, 3.8) is 0 Å². The van der Waals surface area contributed by atoms with E-state index < -0.39 is 0 Å². The topological polar surface area (TPSA) is 15.7 Å². The number of nitrogens with zero attached hydrogens (tertiary/aromatic N) is 2. The number of hydrogen-bond acceptors (Lipinski definition) is 3. The summed E-state index contributed by atoms with van der Waals surface area (Å²) in [5, 5.41) is 0. The predicted molar refractivity (Wildman–Crippen MR) is 98.3 cm³/mol. The molecule has 4 rings (SSSR count). The first-order valence-corrected chi connectivity index (χ1v) is 9.93. The minimum atomic E-state index is -0.275. The number of likely N-dealkylation sites (tertiary alicyclic amines) is 2. The van der Waals surface area contributed by atoms with Gasteiger partial charge in [-0.05, 0) is 74.2 Å². The Bertz CT molecular complexity index is 604. The number of hydrogen-bond donors (Lipinski definition) is 0. The summed E-state index contributed by atoms with van der Waals surface area (Å²) in [7, 11) is 1.53. The molecule has 1 unspecified atom stereocenters. The van der Waals surface area contributed by atoms with Gasteiger partial charge in [0, 0.05) is 26.2 Å². The van der Waals surface area contributed by atoms with Crippen LogP contribution >= 0.6 is 0 Å². The number of piperidine rings is 1. The van der Waals surface area contributed by atoms with E-state index in [0.29, 0.717) is 11.2 Å². The Morgan fingerprint density at radius 3 is 2.72 bits per heavy atom. The third-order valence-electron chi connectivity index (χ3n) is 6.62. The van der Waals surface area contributed by atoms with Crippen LogP contribution in [0.5, 0.6) is 5.75 Å². The van der Waals surface area contributed by atoms with Gasteiger partial charge in [0.05, 0.1) is 7.11 Å². The van der Waals surface area contributed by atoms with Crippen LogP contribution in [-0.2, 0) is 6.54 Å². The minimum absolute atomic E-state index is 0.275. The van der Waals surface area contributed by atoms with Crippen molar-refractivity contribution >= 4 is 0 Å². The molecule has 0 bridgehead atoms. The summed E-state index contributed by atoms with van der Waals surface area (Å²) < 4.78 is 18.7. The lowest BCUT2D eigenvalue weighted by molar-refractivity contribution is 0.0668. The first-order valence-electron chi connectivity index (χ1n) is 9.93. The number of methoxy groups -OCH3 is 1. The van der Waals surface area contributed by atoms with E-state index in [1.807, 2.05) is 12.1 Å². The van der Waals surface area contributed by atoms with Crippen molar-refractivity contribution in [3.8, 4) is 5.75 Å². The second-order valence-electron chi connectivity index (χ2n) is 8.57. The van der Waals surface area contributed by atoms with E-state index >= 15 is 0 Å². The maximum atomic E-state index is 13.6. The second-order valence-corrected chi connectivity index (χ2v) is 8.57. The van der Waals surface area contributed by atoms with Gasteiger partial charge in [0.2, 0.25) is 0 Å². The smallest absolute Gasteiger partial charge is 0.165 e. The Hall–Kier alpha value is -1.13. The van der Waals surface area contributed by atoms with Crippen LogP contribution in [0.2, 0.25) is 0 Å². The van der Waals surface area contributed by atoms with Crippen LogP contribution in [0, 0.1) is 17.2 Å². The van der Waals surface area contributed by atoms with Crippen LogP contribution in [0.3, 0.4) is 0 Å². The number of halogens is 1. The van der Waals surface area contributed by atoms with Gasteiger partial charge in [-0.1, -0.05) is 12.5 Å². The van der Waals surface area contributed by atoms with Crippen LogP contribution in [-0.4, -0.2) is 49.6 Å². The molecule has 1 spiro atoms. The zero-order chi connectivity index (χ0) is 17.3. The third-order valence-corrected chi connectivity index (χ3v) is 6.62. The fourth-order valence-corrected chi connectivity index (χ4v) is 5.06. The first kappa shape index (κ1) is 17.3. The van der Waals surface area contributed by atoms with Crippen molar-refractivity contribution in [2.24, 2.45) is 11.3 Å². The van der Waals surface area contributed by atoms with E-state index in [1.165, 1.54) is 77.9 Å². The lowest BCUT2D eigenvalue weighted by atomic mass is 9.78. The third kappa shape index (κ3) is 3.85. The maximum Gasteiger partial charge on any atom is 0.165 e. The summed E-state index contributed by atoms with van der Waals surface area (Å²) in [4.78, 5) is 5.30. The molecule has 138 valence electrons. The van der Waals surface area contributed by atoms with Crippen molar-refractivity contribution in [3.05, 3.63) is 29.6 Å². The molecule has 2 aliphatic heterocycles. The molecule has 3 aliphatic rings. The molecule has 25 heavy (non-hydrogen) atoms. The van der Waals surface area contributed by atoms with E-state index in [1.54, 1.807) is 0 Å². The zero-order valence-corrected chi connectivity index (χ0v) is 15.5. The van der Waals surface area contributed by atoms with Gasteiger partial charge in [-0.15, -0.1) is 0 Å². The SMILES string of the molecule is COc1cc(CN2CCC3(CCCN(CC4CCC4)C3)C2)ccc1F. The van der Waals surface area contributed by atoms with Crippen molar-refractivity contribution in [2.45, 2.75) is 45.1 Å². The molecule has 1 atom stereocenters. The minimum Gasteiger partial charge on any atom is -0.494 e. The first-order chi connectivity index (χ1) is 12.2. The Morgan fingerprint density at radius 2 is 1.96 bits per heavy atom. The Kier molecular flexibility index (Phi) is 5.01. The Morgan fingerprint density at radius 1 is 1.12 bits per heavy atom. The van der Waals surface area contributed by atoms with Crippen molar-refractivity contribution in [2.75, 3.05) is 39.8 Å². The summed E-state index contributed by atoms with van der Waals surface area (Å²) in [5.74, 6) is 1.05. The average molecular weight is 346 g/mol. The summed E-state index contributed by atoms with van der Waals surface area (Å²) in [6.07, 6.45) is 8.37. The second kappa shape index (κ2) is 7.24. The fourth-order valence-electron chi connectivity index (χ4n) is 5.06. The van der Waals surface area contributed by atoms with Gasteiger partial charge in [0.1, 0.15) is 0 Å². The molecule has 0 amide bonds. The highest BCUT2D eigenvalue weighted by Crippen LogP contribution is 2.40. The van der Waals surface area contributed by atoms with Gasteiger partial charge < -0.3 is 9.64 Å². The van der Waals surface area contributed by atoms with Crippen LogP contribution in [0.15, 0.2) is 18.2 Å². The lowest BCUT2D eigenvalue weighted by Crippen LogP contribution is -2.47. The summed E-state index contributed by atoms with van der Waals surface area (Å²) in [6.45, 7) is 7.17. The highest BCUT2D eigenvalue weighted by Gasteiger charge is 2.41. The quantitative estimate of drug-likeness (QED) is 0.804. The molecule has 3 nitrogen and oxygen atoms in total. The molecule has 3 fully saturated rings. The van der Waals surface area contributed by atoms with Gasteiger partial charge in [-0.25, -0.2) is 4.39 Å². The molecule has 1 aliphatic carbocycles. The molecule has 0 N–H and O–H groups in total. The molecule has 1 saturated carbocycles. The zero-order valence-electron chi connectivity index (χ0n) is 15.5. The van der Waals surface area contributed by atoms with Gasteiger partial charge in [0.25, 0.3) is 0 Å². The molecule has 2 heterocycles. The van der Waals surface area contributed by atoms with E-state index in [0.717, 1.165) is 24.6 Å². The highest BCUT2D eigenvalue weighted by atomic mass is 19.1. The van der Waals surface area contributed by atoms with Crippen LogP contribution in [0.25, 0.3) is 0 Å². The normalized spacial score (nSPS) is 28.4. The molecular formula is C21H31FN2O. The molecule has 0 radical (unpaired) electrons. The standard InChI is InChI=1S/C21H31FN2O/c1-25-20-12-18(6-7-19(20)22)14-24-11-9-21(16-24)8-3-10-23(15-21)13-17-4-2-5-17/h6-7,12,17H,2-5,8-11,13-16H2,1H3. The number of ether oxygens (including phenoxy) is 1. The molecule has 1 aromatic rings. The van der Waals surface area contributed by atoms with Crippen molar-refractivity contribution in [1.82, 2.24) is 9.80 Å². The van der Waals surface area contributed by atoms with Gasteiger partial charge in [0.15, 0.2) is 11.6 Å². The number of rotatable bonds is 5. The highest BCUT2D eigenvalue weighted by molar-refractivity contribution is 5.30. The van der Waals surface area contributed by atoms with Gasteiger partial charge >= 0.3 is 0 Å². The number of benzene rings is 1. The van der Waals surface area contributed by atoms with Crippen LogP contribution in [0.1, 0.15) is 44.1 Å². The molecule has 4 heteroatoms. The van der Waals surface area contributed by atoms with Gasteiger partial charge in [-0.2, -0.15) is 0 Å². The molecule has 0 aromatic heterocycles. The molecule has 2 saturated heterocycles. The largest absolute Gasteiger partial charge is 0.494 e. The molecular weight excluding hydrogens is 315 g/mol. The van der Waals surface area contributed by atoms with E-state index in [-0.39, 0.29) is 5.82 Å². The van der Waals surface area contributed by atoms with Crippen LogP contribution < -0.4 is 4.74 Å². The van der Waals surface area contributed by atoms with E-state index in [9.17, 15) is 4.39 Å². The predicted octanol–water partition coefficient (Wildman–Crippen LogP) is 3.92. The maximum absolute atomic E-state index is 13.6. The van der Waals surface area contributed by atoms with E-state index in [4.69, 9.17) is 4.74 Å². The van der Waals surface area contributed by atoms with E-state index in [2.05, 4.69) is 9.80 Å². The Labute approximate surface area is 151 Å². The lowest BCUT2D eigenvalue weighted by Gasteiger charge is -2.43. The Balaban J connectivity index is 1.35. The summed E-state index contributed by atoms with van der Waals surface area (Å²) >= 11 is 0. The average Bonchev–Trinajstić information content (AvgIpc) is 2.95. The molecule has 1 aromatic carbocycles. The fraction of sp³-hybridized carbons (Fsp3) is 0.714. The summed E-state index contributed by atoms with van der Waals surface area (Å²) in [6, 6.07) is 5.28. The van der Waals surface area contributed by atoms with Crippen LogP contribution in [0.4, 0.5) is 4.39 Å². The monoisotopic (exact) mass is 346 g/mol. The summed E-state index contributed by atoms with van der Waals surface area (Å²) in [5.41, 5.74) is 1.64. The van der Waals surface area contributed by atoms with Gasteiger partial charge in [-0.3, -0.25) is 4.90 Å². The van der Waals surface area contributed by atoms with Crippen molar-refractivity contribution < 1.29 is 9.13 Å². The van der Waals surface area contributed by atoms with Crippen molar-refractivity contribution in [1.29, 1.82) is 0 Å².